The molecule has 0 bridgehead atoms. The van der Waals surface area contributed by atoms with Crippen LogP contribution in [0.4, 0.5) is 0 Å². The Labute approximate surface area is 201 Å². The molecule has 1 fully saturated rings. The maximum atomic E-state index is 12.5. The van der Waals surface area contributed by atoms with Crippen molar-refractivity contribution in [2.24, 2.45) is 0 Å². The van der Waals surface area contributed by atoms with Gasteiger partial charge in [0.05, 0.1) is 0 Å². The minimum Gasteiger partial charge on any atom is -0.304 e. The van der Waals surface area contributed by atoms with E-state index in [1.807, 2.05) is 48.5 Å². The molecule has 2 aromatic rings. The van der Waals surface area contributed by atoms with Crippen LogP contribution in [0, 0.1) is 0 Å². The van der Waals surface area contributed by atoms with Gasteiger partial charge in [0.1, 0.15) is 0 Å². The summed E-state index contributed by atoms with van der Waals surface area (Å²) < 4.78 is 0. The average Bonchev–Trinajstić information content (AvgIpc) is 2.78. The monoisotopic (exact) mass is 477 g/mol. The lowest BCUT2D eigenvalue weighted by atomic mass is 10.1. The van der Waals surface area contributed by atoms with Gasteiger partial charge in [0, 0.05) is 44.4 Å². The topological polar surface area (TPSA) is 72.9 Å². The van der Waals surface area contributed by atoms with Crippen molar-refractivity contribution in [1.29, 1.82) is 0 Å². The number of carbonyl (C=O) groups excluding carboxylic acids is 2. The van der Waals surface area contributed by atoms with E-state index in [0.717, 1.165) is 43.9 Å². The van der Waals surface area contributed by atoms with Crippen molar-refractivity contribution in [3.05, 3.63) is 82.9 Å². The first kappa shape index (κ1) is 27.6. The van der Waals surface area contributed by atoms with E-state index in [1.165, 1.54) is 11.6 Å². The number of hydrogen-bond acceptors (Lipinski definition) is 5. The predicted octanol–water partition coefficient (Wildman–Crippen LogP) is 3.69. The summed E-state index contributed by atoms with van der Waals surface area (Å²) in [5.74, 6) is -0.649. The van der Waals surface area contributed by atoms with Crippen molar-refractivity contribution in [3.63, 3.8) is 0 Å². The Kier molecular flexibility index (Phi) is 11.9. The highest BCUT2D eigenvalue weighted by Crippen LogP contribution is 2.13. The molecule has 1 aliphatic rings. The van der Waals surface area contributed by atoms with Gasteiger partial charge in [-0.25, -0.2) is 5.48 Å². The minimum atomic E-state index is -0.595. The number of halogens is 2. The van der Waals surface area contributed by atoms with E-state index in [0.29, 0.717) is 5.56 Å². The van der Waals surface area contributed by atoms with Crippen LogP contribution in [0.3, 0.4) is 0 Å². The van der Waals surface area contributed by atoms with Crippen LogP contribution in [-0.2, 0) is 11.3 Å². The van der Waals surface area contributed by atoms with Crippen LogP contribution >= 0.6 is 24.8 Å². The van der Waals surface area contributed by atoms with Crippen LogP contribution in [0.5, 0.6) is 0 Å². The fraction of sp³-hybridized carbons (Fsp3) is 0.250. The molecule has 0 spiro atoms. The number of nitrogens with one attached hydrogen (secondary N) is 1. The summed E-state index contributed by atoms with van der Waals surface area (Å²) >= 11 is 0. The summed E-state index contributed by atoms with van der Waals surface area (Å²) in [6, 6.07) is 15.2. The Morgan fingerprint density at radius 2 is 1.53 bits per heavy atom. The van der Waals surface area contributed by atoms with Gasteiger partial charge < -0.3 is 4.90 Å². The lowest BCUT2D eigenvalue weighted by Crippen LogP contribution is -2.43. The van der Waals surface area contributed by atoms with Crippen molar-refractivity contribution in [3.8, 4) is 0 Å². The van der Waals surface area contributed by atoms with Crippen molar-refractivity contribution >= 4 is 48.7 Å². The lowest BCUT2D eigenvalue weighted by molar-refractivity contribution is -0.124. The van der Waals surface area contributed by atoms with Gasteiger partial charge in [-0.2, -0.15) is 0 Å². The number of hydrogen-bond donors (Lipinski definition) is 2. The fourth-order valence-corrected chi connectivity index (χ4v) is 3.28. The number of ketones is 1. The maximum absolute atomic E-state index is 12.5. The van der Waals surface area contributed by atoms with E-state index >= 15 is 0 Å². The van der Waals surface area contributed by atoms with Gasteiger partial charge in [-0.1, -0.05) is 48.5 Å². The molecule has 0 radical (unpaired) electrons. The van der Waals surface area contributed by atoms with Crippen molar-refractivity contribution in [1.82, 2.24) is 15.3 Å². The van der Waals surface area contributed by atoms with Crippen molar-refractivity contribution < 1.29 is 14.8 Å². The molecule has 1 amide bonds. The highest BCUT2D eigenvalue weighted by molar-refractivity contribution is 6.06. The molecule has 3 rings (SSSR count). The second-order valence-electron chi connectivity index (χ2n) is 7.45. The predicted molar refractivity (Wildman–Crippen MR) is 132 cm³/mol. The molecule has 2 aromatic carbocycles. The van der Waals surface area contributed by atoms with Gasteiger partial charge in [0.2, 0.25) is 0 Å². The fourth-order valence-electron chi connectivity index (χ4n) is 3.28. The van der Waals surface area contributed by atoms with Gasteiger partial charge in [0.25, 0.3) is 5.91 Å². The van der Waals surface area contributed by atoms with E-state index < -0.39 is 5.91 Å². The summed E-state index contributed by atoms with van der Waals surface area (Å²) in [4.78, 5) is 28.3. The lowest BCUT2D eigenvalue weighted by Gasteiger charge is -2.32. The van der Waals surface area contributed by atoms with Gasteiger partial charge in [0.15, 0.2) is 5.78 Å². The maximum Gasteiger partial charge on any atom is 0.267 e. The number of carbonyl (C=O) groups is 2. The molecule has 1 heterocycles. The third-order valence-corrected chi connectivity index (χ3v) is 5.12. The molecule has 32 heavy (non-hydrogen) atoms. The summed E-state index contributed by atoms with van der Waals surface area (Å²) in [6.45, 7) is 5.23. The Bertz CT molecular complexity index is 938. The Hall–Kier alpha value is -2.48. The minimum absolute atomic E-state index is 0. The molecular weight excluding hydrogens is 449 g/mol. The SMILES string of the molecule is CN1CCN(Cc2ccc(C(=O)/C=C/c3cccc(/C=C/C(=O)NO)c3)cc2)CC1.Cl.Cl. The molecule has 0 unspecified atom stereocenters. The second kappa shape index (κ2) is 13.8. The van der Waals surface area contributed by atoms with Crippen LogP contribution in [-0.4, -0.2) is 59.9 Å². The van der Waals surface area contributed by atoms with E-state index in [1.54, 1.807) is 23.7 Å². The number of likely N-dealkylation sites (N-methyl/N-ethyl adjacent to an activating group) is 1. The van der Waals surface area contributed by atoms with E-state index in [-0.39, 0.29) is 30.6 Å². The highest BCUT2D eigenvalue weighted by atomic mass is 35.5. The van der Waals surface area contributed by atoms with Crippen LogP contribution in [0.15, 0.2) is 60.7 Å². The third-order valence-electron chi connectivity index (χ3n) is 5.12. The van der Waals surface area contributed by atoms with Crippen LogP contribution in [0.2, 0.25) is 0 Å². The zero-order chi connectivity index (χ0) is 21.3. The normalized spacial score (nSPS) is 14.7. The van der Waals surface area contributed by atoms with Crippen LogP contribution in [0.25, 0.3) is 12.2 Å². The smallest absolute Gasteiger partial charge is 0.267 e. The van der Waals surface area contributed by atoms with Gasteiger partial charge in [-0.3, -0.25) is 19.7 Å². The number of benzene rings is 2. The third kappa shape index (κ3) is 8.57. The quantitative estimate of drug-likeness (QED) is 0.275. The standard InChI is InChI=1S/C24H27N3O3.2ClH/c1-26-13-15-27(16-14-26)18-21-5-9-22(10-6-21)23(28)11-7-19-3-2-4-20(17-19)8-12-24(29)25-30;;/h2-12,17,30H,13-16,18H2,1H3,(H,25,29);2*1H/b11-7+,12-8+;;. The van der Waals surface area contributed by atoms with Crippen LogP contribution < -0.4 is 5.48 Å². The molecule has 1 saturated heterocycles. The molecule has 0 saturated carbocycles. The van der Waals surface area contributed by atoms with Gasteiger partial charge in [-0.15, -0.1) is 24.8 Å². The summed E-state index contributed by atoms with van der Waals surface area (Å²) in [6.07, 6.45) is 6.13. The molecule has 0 aromatic heterocycles. The Morgan fingerprint density at radius 1 is 0.938 bits per heavy atom. The zero-order valence-electron chi connectivity index (χ0n) is 17.9. The number of nitrogens with zero attached hydrogens (tertiary/aromatic N) is 2. The molecular formula is C24H29Cl2N3O3. The summed E-state index contributed by atoms with van der Waals surface area (Å²) in [5.41, 5.74) is 5.06. The number of allylic oxidation sites excluding steroid dienone is 1. The number of amides is 1. The highest BCUT2D eigenvalue weighted by Gasteiger charge is 2.13. The van der Waals surface area contributed by atoms with Crippen molar-refractivity contribution in [2.45, 2.75) is 6.54 Å². The first-order valence-electron chi connectivity index (χ1n) is 9.98. The first-order chi connectivity index (χ1) is 14.5. The molecule has 1 aliphatic heterocycles. The Morgan fingerprint density at radius 3 is 2.12 bits per heavy atom. The molecule has 0 aliphatic carbocycles. The zero-order valence-corrected chi connectivity index (χ0v) is 19.6. The summed E-state index contributed by atoms with van der Waals surface area (Å²) in [5, 5.41) is 8.53. The molecule has 6 nitrogen and oxygen atoms in total. The first-order valence-corrected chi connectivity index (χ1v) is 9.98. The van der Waals surface area contributed by atoms with Crippen LogP contribution in [0.1, 0.15) is 27.0 Å². The molecule has 8 heteroatoms. The average molecular weight is 478 g/mol. The second-order valence-corrected chi connectivity index (χ2v) is 7.45. The number of hydroxylamine groups is 1. The largest absolute Gasteiger partial charge is 0.304 e. The Balaban J connectivity index is 0.00000256. The van der Waals surface area contributed by atoms with Gasteiger partial charge >= 0.3 is 0 Å². The molecule has 172 valence electrons. The van der Waals surface area contributed by atoms with E-state index in [9.17, 15) is 9.59 Å². The summed E-state index contributed by atoms with van der Waals surface area (Å²) in [7, 11) is 2.15. The molecule has 0 atom stereocenters. The van der Waals surface area contributed by atoms with Crippen molar-refractivity contribution in [2.75, 3.05) is 33.2 Å². The molecule has 2 N–H and O–H groups in total. The number of rotatable bonds is 7. The van der Waals surface area contributed by atoms with Gasteiger partial charge in [-0.05, 0) is 42.0 Å². The number of piperazine rings is 1. The van der Waals surface area contributed by atoms with E-state index in [4.69, 9.17) is 5.21 Å². The van der Waals surface area contributed by atoms with E-state index in [2.05, 4.69) is 16.8 Å².